The zero-order valence-electron chi connectivity index (χ0n) is 15.2. The summed E-state index contributed by atoms with van der Waals surface area (Å²) in [4.78, 5) is 23.3. The number of amides is 2. The second kappa shape index (κ2) is 9.00. The molecule has 2 aromatic carbocycles. The number of nitrogens with one attached hydrogen (secondary N) is 2. The maximum atomic E-state index is 12.2. The number of ether oxygens (including phenoxy) is 1. The minimum absolute atomic E-state index is 0.128. The van der Waals surface area contributed by atoms with Gasteiger partial charge in [0.1, 0.15) is 11.4 Å². The molecule has 0 saturated heterocycles. The van der Waals surface area contributed by atoms with Crippen molar-refractivity contribution in [3.63, 3.8) is 0 Å². The van der Waals surface area contributed by atoms with Gasteiger partial charge in [-0.2, -0.15) is 4.68 Å². The van der Waals surface area contributed by atoms with Crippen molar-refractivity contribution in [2.24, 2.45) is 0 Å². The van der Waals surface area contributed by atoms with Crippen molar-refractivity contribution in [3.05, 3.63) is 48.5 Å². The lowest BCUT2D eigenvalue weighted by molar-refractivity contribution is -0.114. The van der Waals surface area contributed by atoms with E-state index in [4.69, 9.17) is 4.74 Å². The molecule has 0 bridgehead atoms. The van der Waals surface area contributed by atoms with Gasteiger partial charge in [-0.25, -0.2) is 0 Å². The highest BCUT2D eigenvalue weighted by Crippen LogP contribution is 2.25. The van der Waals surface area contributed by atoms with E-state index < -0.39 is 0 Å². The molecule has 0 aliphatic heterocycles. The molecule has 1 heterocycles. The van der Waals surface area contributed by atoms with Gasteiger partial charge in [-0.05, 0) is 46.8 Å². The summed E-state index contributed by atoms with van der Waals surface area (Å²) in [6, 6.07) is 14.2. The van der Waals surface area contributed by atoms with E-state index in [1.54, 1.807) is 31.4 Å². The third-order valence-electron chi connectivity index (χ3n) is 3.58. The maximum absolute atomic E-state index is 12.2. The predicted molar refractivity (Wildman–Crippen MR) is 106 cm³/mol. The van der Waals surface area contributed by atoms with E-state index in [0.717, 1.165) is 0 Å². The molecule has 10 heteroatoms. The van der Waals surface area contributed by atoms with Crippen molar-refractivity contribution in [3.8, 4) is 11.4 Å². The highest BCUT2D eigenvalue weighted by Gasteiger charge is 2.14. The van der Waals surface area contributed by atoms with Crippen LogP contribution in [0, 0.1) is 0 Å². The molecule has 2 amide bonds. The zero-order chi connectivity index (χ0) is 19.9. The summed E-state index contributed by atoms with van der Waals surface area (Å²) in [5, 5.41) is 17.6. The fourth-order valence-electron chi connectivity index (χ4n) is 2.39. The van der Waals surface area contributed by atoms with E-state index in [1.165, 1.54) is 23.4 Å². The molecule has 0 spiro atoms. The number of aromatic nitrogens is 4. The summed E-state index contributed by atoms with van der Waals surface area (Å²) < 4.78 is 6.86. The van der Waals surface area contributed by atoms with Gasteiger partial charge in [0.25, 0.3) is 0 Å². The van der Waals surface area contributed by atoms with Gasteiger partial charge in [0.05, 0.1) is 12.9 Å². The van der Waals surface area contributed by atoms with Crippen LogP contribution in [0.5, 0.6) is 5.75 Å². The lowest BCUT2D eigenvalue weighted by Gasteiger charge is -2.09. The van der Waals surface area contributed by atoms with Crippen molar-refractivity contribution >= 4 is 35.0 Å². The lowest BCUT2D eigenvalue weighted by atomic mass is 10.3. The Morgan fingerprint density at radius 3 is 2.43 bits per heavy atom. The lowest BCUT2D eigenvalue weighted by Crippen LogP contribution is -2.15. The molecule has 9 nitrogen and oxygen atoms in total. The fourth-order valence-corrected chi connectivity index (χ4v) is 3.08. The minimum Gasteiger partial charge on any atom is -0.494 e. The van der Waals surface area contributed by atoms with E-state index in [2.05, 4.69) is 26.2 Å². The Morgan fingerprint density at radius 1 is 1.07 bits per heavy atom. The van der Waals surface area contributed by atoms with E-state index in [0.29, 0.717) is 28.0 Å². The molecule has 0 unspecified atom stereocenters. The third-order valence-corrected chi connectivity index (χ3v) is 4.49. The van der Waals surface area contributed by atoms with Gasteiger partial charge >= 0.3 is 0 Å². The van der Waals surface area contributed by atoms with E-state index in [1.807, 2.05) is 24.3 Å². The molecule has 28 heavy (non-hydrogen) atoms. The minimum atomic E-state index is -0.202. The highest BCUT2D eigenvalue weighted by molar-refractivity contribution is 7.99. The molecule has 0 aliphatic carbocycles. The van der Waals surface area contributed by atoms with Crippen LogP contribution in [-0.4, -0.2) is 44.9 Å². The van der Waals surface area contributed by atoms with Crippen molar-refractivity contribution < 1.29 is 14.3 Å². The van der Waals surface area contributed by atoms with Crippen LogP contribution in [-0.2, 0) is 9.59 Å². The smallest absolute Gasteiger partial charge is 0.234 e. The molecule has 1 aromatic heterocycles. The number of tetrazole rings is 1. The van der Waals surface area contributed by atoms with Crippen LogP contribution < -0.4 is 15.4 Å². The first kappa shape index (κ1) is 19.4. The average molecular weight is 398 g/mol. The summed E-state index contributed by atoms with van der Waals surface area (Å²) in [7, 11) is 1.57. The van der Waals surface area contributed by atoms with E-state index >= 15 is 0 Å². The van der Waals surface area contributed by atoms with Crippen molar-refractivity contribution in [1.82, 2.24) is 20.2 Å². The number of thioether (sulfide) groups is 1. The van der Waals surface area contributed by atoms with Crippen molar-refractivity contribution in [2.45, 2.75) is 12.1 Å². The first-order valence-electron chi connectivity index (χ1n) is 8.29. The zero-order valence-corrected chi connectivity index (χ0v) is 16.1. The maximum Gasteiger partial charge on any atom is 0.234 e. The molecule has 2 N–H and O–H groups in total. The van der Waals surface area contributed by atoms with Crippen LogP contribution >= 0.6 is 11.8 Å². The largest absolute Gasteiger partial charge is 0.494 e. The Hall–Kier alpha value is -3.40. The summed E-state index contributed by atoms with van der Waals surface area (Å²) in [5.74, 6) is 0.399. The summed E-state index contributed by atoms with van der Waals surface area (Å²) in [6.45, 7) is 1.44. The Morgan fingerprint density at radius 2 is 1.75 bits per heavy atom. The number of methoxy groups -OCH3 is 1. The number of para-hydroxylation sites is 2. The van der Waals surface area contributed by atoms with Gasteiger partial charge in [0.15, 0.2) is 0 Å². The van der Waals surface area contributed by atoms with Crippen LogP contribution in [0.1, 0.15) is 6.92 Å². The van der Waals surface area contributed by atoms with Crippen molar-refractivity contribution in [2.75, 3.05) is 23.5 Å². The van der Waals surface area contributed by atoms with Gasteiger partial charge in [0.2, 0.25) is 17.0 Å². The molecular weight excluding hydrogens is 380 g/mol. The number of rotatable bonds is 7. The normalized spacial score (nSPS) is 10.4. The van der Waals surface area contributed by atoms with Crippen LogP contribution in [0.15, 0.2) is 53.7 Å². The quantitative estimate of drug-likeness (QED) is 0.588. The molecule has 0 aliphatic rings. The summed E-state index contributed by atoms with van der Waals surface area (Å²) in [5.41, 5.74) is 1.98. The molecule has 0 saturated carbocycles. The van der Waals surface area contributed by atoms with Crippen LogP contribution in [0.2, 0.25) is 0 Å². The van der Waals surface area contributed by atoms with Crippen LogP contribution in [0.25, 0.3) is 5.69 Å². The fraction of sp³-hybridized carbons (Fsp3) is 0.167. The number of benzene rings is 2. The van der Waals surface area contributed by atoms with Crippen LogP contribution in [0.4, 0.5) is 11.4 Å². The summed E-state index contributed by atoms with van der Waals surface area (Å²) in [6.07, 6.45) is 0. The number of hydrogen-bond acceptors (Lipinski definition) is 7. The van der Waals surface area contributed by atoms with Crippen molar-refractivity contribution in [1.29, 1.82) is 0 Å². The van der Waals surface area contributed by atoms with Gasteiger partial charge < -0.3 is 15.4 Å². The van der Waals surface area contributed by atoms with Gasteiger partial charge in [-0.15, -0.1) is 5.10 Å². The first-order chi connectivity index (χ1) is 13.6. The average Bonchev–Trinajstić information content (AvgIpc) is 3.16. The van der Waals surface area contributed by atoms with Gasteiger partial charge in [0, 0.05) is 18.3 Å². The molecule has 0 atom stereocenters. The topological polar surface area (TPSA) is 111 Å². The summed E-state index contributed by atoms with van der Waals surface area (Å²) >= 11 is 1.21. The molecule has 144 valence electrons. The molecule has 3 aromatic rings. The Balaban J connectivity index is 1.61. The van der Waals surface area contributed by atoms with E-state index in [9.17, 15) is 9.59 Å². The molecule has 0 fully saturated rings. The standard InChI is InChI=1S/C18H18N6O3S/c1-12(25)19-13-7-9-14(10-8-13)20-17(26)11-28-18-21-22-23-24(18)15-5-3-4-6-16(15)27-2/h3-10H,11H2,1-2H3,(H,19,25)(H,20,26). The Bertz CT molecular complexity index is 973. The second-order valence-corrected chi connectivity index (χ2v) is 6.58. The SMILES string of the molecule is COc1ccccc1-n1nnnc1SCC(=O)Nc1ccc(NC(C)=O)cc1. The number of anilines is 2. The molecule has 0 radical (unpaired) electrons. The Labute approximate surface area is 165 Å². The Kier molecular flexibility index (Phi) is 6.22. The molecular formula is C18H18N6O3S. The number of hydrogen-bond donors (Lipinski definition) is 2. The predicted octanol–water partition coefficient (Wildman–Crippen LogP) is 2.36. The molecule has 3 rings (SSSR count). The highest BCUT2D eigenvalue weighted by atomic mass is 32.2. The number of carbonyl (C=O) groups excluding carboxylic acids is 2. The first-order valence-corrected chi connectivity index (χ1v) is 9.27. The van der Waals surface area contributed by atoms with Gasteiger partial charge in [-0.3, -0.25) is 9.59 Å². The monoisotopic (exact) mass is 398 g/mol. The van der Waals surface area contributed by atoms with Gasteiger partial charge in [-0.1, -0.05) is 23.9 Å². The third kappa shape index (κ3) is 4.86. The number of carbonyl (C=O) groups is 2. The second-order valence-electron chi connectivity index (χ2n) is 5.64. The van der Waals surface area contributed by atoms with Crippen LogP contribution in [0.3, 0.4) is 0 Å². The number of nitrogens with zero attached hydrogens (tertiary/aromatic N) is 4. The van der Waals surface area contributed by atoms with E-state index in [-0.39, 0.29) is 17.6 Å².